The number of nitrogens with zero attached hydrogens (tertiary/aromatic N) is 3. The van der Waals surface area contributed by atoms with Gasteiger partial charge in [-0.25, -0.2) is 19.6 Å². The molecule has 3 aromatic rings. The predicted molar refractivity (Wildman–Crippen MR) is 217 cm³/mol. The van der Waals surface area contributed by atoms with Gasteiger partial charge in [-0.05, 0) is 65.6 Å². The second-order valence-electron chi connectivity index (χ2n) is 15.9. The first kappa shape index (κ1) is 41.9. The number of ether oxygens (including phenoxy) is 3. The lowest BCUT2D eigenvalue weighted by Gasteiger charge is -2.35. The van der Waals surface area contributed by atoms with Crippen molar-refractivity contribution < 1.29 is 43.3 Å². The number of fused-ring (bicyclic) bond motifs is 1. The lowest BCUT2D eigenvalue weighted by atomic mass is 9.85. The summed E-state index contributed by atoms with van der Waals surface area (Å²) in [4.78, 5) is 77.2. The first-order chi connectivity index (χ1) is 27.1. The molecule has 17 heteroatoms. The first-order valence-electron chi connectivity index (χ1n) is 19.1. The van der Waals surface area contributed by atoms with Gasteiger partial charge < -0.3 is 40.2 Å². The molecule has 6 rings (SSSR count). The van der Waals surface area contributed by atoms with Crippen LogP contribution < -0.4 is 25.4 Å². The minimum absolute atomic E-state index is 0.00659. The van der Waals surface area contributed by atoms with E-state index < -0.39 is 58.9 Å². The topological polar surface area (TPSA) is 198 Å². The van der Waals surface area contributed by atoms with Gasteiger partial charge in [0.05, 0.1) is 35.9 Å². The number of benzene rings is 1. The fourth-order valence-corrected chi connectivity index (χ4v) is 8.99. The van der Waals surface area contributed by atoms with E-state index in [9.17, 15) is 29.1 Å². The molecule has 3 fully saturated rings. The molecule has 0 unspecified atom stereocenters. The van der Waals surface area contributed by atoms with E-state index in [1.807, 2.05) is 0 Å². The molecule has 15 nitrogen and oxygen atoms in total. The number of carbonyl (C=O) groups is 5. The van der Waals surface area contributed by atoms with Gasteiger partial charge in [0.15, 0.2) is 5.13 Å². The summed E-state index contributed by atoms with van der Waals surface area (Å²) < 4.78 is 17.9. The number of nitrogens with one attached hydrogen (secondary N) is 3. The Morgan fingerprint density at radius 3 is 2.51 bits per heavy atom. The van der Waals surface area contributed by atoms with Crippen LogP contribution >= 0.6 is 27.3 Å². The maximum atomic E-state index is 14.4. The number of methoxy groups -OCH3 is 1. The molecule has 1 aromatic carbocycles. The number of thiazole rings is 1. The van der Waals surface area contributed by atoms with E-state index in [-0.39, 0.29) is 31.9 Å². The predicted octanol–water partition coefficient (Wildman–Crippen LogP) is 6.30. The summed E-state index contributed by atoms with van der Waals surface area (Å²) in [5, 5.41) is 21.2. The van der Waals surface area contributed by atoms with Gasteiger partial charge in [0, 0.05) is 35.6 Å². The van der Waals surface area contributed by atoms with Gasteiger partial charge in [0.25, 0.3) is 0 Å². The van der Waals surface area contributed by atoms with Crippen molar-refractivity contribution in [2.45, 2.75) is 96.4 Å². The number of halogens is 1. The summed E-state index contributed by atoms with van der Waals surface area (Å²) >= 11 is 4.91. The first-order valence-corrected chi connectivity index (χ1v) is 20.8. The lowest BCUT2D eigenvalue weighted by Crippen LogP contribution is -2.59. The van der Waals surface area contributed by atoms with Gasteiger partial charge in [-0.3, -0.25) is 14.4 Å². The fourth-order valence-electron chi connectivity index (χ4n) is 7.67. The number of likely N-dealkylation sites (tertiary alicyclic amines) is 1. The molecular weight excluding hydrogens is 820 g/mol. The van der Waals surface area contributed by atoms with Crippen molar-refractivity contribution in [1.82, 2.24) is 25.5 Å². The summed E-state index contributed by atoms with van der Waals surface area (Å²) in [6, 6.07) is 3.02. The molecule has 1 aliphatic heterocycles. The Labute approximate surface area is 343 Å². The number of amides is 4. The molecule has 306 valence electrons. The van der Waals surface area contributed by atoms with Crippen LogP contribution in [0, 0.1) is 17.3 Å². The normalized spacial score (nSPS) is 22.4. The molecule has 2 aliphatic carbocycles. The molecule has 3 aliphatic rings. The van der Waals surface area contributed by atoms with Crippen molar-refractivity contribution in [3.63, 3.8) is 0 Å². The van der Waals surface area contributed by atoms with E-state index in [2.05, 4.69) is 43.4 Å². The number of carboxylic acids is 1. The van der Waals surface area contributed by atoms with Crippen molar-refractivity contribution >= 4 is 73.1 Å². The summed E-state index contributed by atoms with van der Waals surface area (Å²) in [5.74, 6) is -1.68. The molecule has 3 heterocycles. The second-order valence-corrected chi connectivity index (χ2v) is 17.5. The highest BCUT2D eigenvalue weighted by atomic mass is 79.9. The SMILES string of the molecule is C=C[C@@H]1C[C@]1(NC(=O)[C@@H]1C[C@@H](Oc2cc(-c3csc(NC(=O)CC4CCCC4)n3)nc3c(Br)c(OC)ccc23)CN1C(=O)[C@@H](NC(=O)OCC)C(C)(C)C)C(=O)O. The van der Waals surface area contributed by atoms with Crippen LogP contribution in [0.2, 0.25) is 0 Å². The Morgan fingerprint density at radius 1 is 1.14 bits per heavy atom. The molecule has 57 heavy (non-hydrogen) atoms. The highest BCUT2D eigenvalue weighted by Crippen LogP contribution is 2.45. The van der Waals surface area contributed by atoms with Crippen molar-refractivity contribution in [2.75, 3.05) is 25.6 Å². The molecule has 4 amide bonds. The number of anilines is 1. The monoisotopic (exact) mass is 868 g/mol. The third kappa shape index (κ3) is 9.03. The molecular formula is C40H49BrN6O9S. The Balaban J connectivity index is 1.33. The standard InChI is InChI=1S/C40H49BrN6O9S/c1-7-22-18-40(22,36(51)52)46-34(49)27-16-23(19-47(27)35(50)33(39(3,4)5)45-38(53)55-8-2)56-29-17-25(42-32-24(29)13-14-28(54-6)31(32)41)26-20-57-37(43-26)44-30(48)15-21-11-9-10-12-21/h7,13-14,17,20-23,27,33H,1,8-12,15-16,18-19H2,2-6H3,(H,45,53)(H,46,49)(H,51,52)(H,43,44,48)/t22-,23-,27+,33-,40-/m1/s1. The van der Waals surface area contributed by atoms with E-state index in [0.717, 1.165) is 25.7 Å². The number of pyridine rings is 1. The van der Waals surface area contributed by atoms with Crippen LogP contribution in [-0.4, -0.2) is 93.7 Å². The molecule has 2 saturated carbocycles. The quantitative estimate of drug-likeness (QED) is 0.133. The van der Waals surface area contributed by atoms with Crippen LogP contribution in [0.3, 0.4) is 0 Å². The smallest absolute Gasteiger partial charge is 0.407 e. The lowest BCUT2D eigenvalue weighted by molar-refractivity contribution is -0.146. The van der Waals surface area contributed by atoms with Gasteiger partial charge in [0.1, 0.15) is 40.9 Å². The molecule has 0 radical (unpaired) electrons. The van der Waals surface area contributed by atoms with Crippen LogP contribution in [0.5, 0.6) is 11.5 Å². The molecule has 1 saturated heterocycles. The van der Waals surface area contributed by atoms with Crippen LogP contribution in [0.25, 0.3) is 22.3 Å². The number of alkyl carbamates (subject to hydrolysis) is 1. The zero-order chi connectivity index (χ0) is 41.2. The van der Waals surface area contributed by atoms with E-state index in [0.29, 0.717) is 55.7 Å². The van der Waals surface area contributed by atoms with E-state index in [1.165, 1.54) is 22.3 Å². The van der Waals surface area contributed by atoms with Crippen molar-refractivity contribution in [1.29, 1.82) is 0 Å². The average molecular weight is 870 g/mol. The Morgan fingerprint density at radius 2 is 1.88 bits per heavy atom. The maximum Gasteiger partial charge on any atom is 0.407 e. The van der Waals surface area contributed by atoms with Gasteiger partial charge >= 0.3 is 12.1 Å². The fraction of sp³-hybridized carbons (Fsp3) is 0.525. The summed E-state index contributed by atoms with van der Waals surface area (Å²) in [6.07, 6.45) is 4.97. The summed E-state index contributed by atoms with van der Waals surface area (Å²) in [6.45, 7) is 10.7. The number of rotatable bonds is 14. The van der Waals surface area contributed by atoms with Crippen LogP contribution in [0.4, 0.5) is 9.93 Å². The third-order valence-corrected chi connectivity index (χ3v) is 12.4. The van der Waals surface area contributed by atoms with Crippen LogP contribution in [0.15, 0.2) is 40.7 Å². The van der Waals surface area contributed by atoms with Crippen LogP contribution in [0.1, 0.15) is 72.6 Å². The number of hydrogen-bond acceptors (Lipinski definition) is 11. The summed E-state index contributed by atoms with van der Waals surface area (Å²) in [5.41, 5.74) is -0.904. The number of aliphatic carboxylic acids is 1. The largest absolute Gasteiger partial charge is 0.495 e. The molecule has 0 spiro atoms. The molecule has 0 bridgehead atoms. The van der Waals surface area contributed by atoms with Crippen molar-refractivity contribution in [3.8, 4) is 22.9 Å². The van der Waals surface area contributed by atoms with E-state index in [4.69, 9.17) is 19.2 Å². The van der Waals surface area contributed by atoms with E-state index in [1.54, 1.807) is 58.4 Å². The molecule has 2 aromatic heterocycles. The maximum absolute atomic E-state index is 14.4. The van der Waals surface area contributed by atoms with Crippen molar-refractivity contribution in [3.05, 3.63) is 40.7 Å². The Hall–Kier alpha value is -4.77. The zero-order valence-corrected chi connectivity index (χ0v) is 35.1. The van der Waals surface area contributed by atoms with Gasteiger partial charge in [0.2, 0.25) is 17.7 Å². The number of aromatic nitrogens is 2. The average Bonchev–Trinajstić information content (AvgIpc) is 3.57. The van der Waals surface area contributed by atoms with Crippen LogP contribution in [-0.2, 0) is 23.9 Å². The van der Waals surface area contributed by atoms with Gasteiger partial charge in [-0.2, -0.15) is 0 Å². The third-order valence-electron chi connectivity index (χ3n) is 10.8. The minimum Gasteiger partial charge on any atom is -0.495 e. The van der Waals surface area contributed by atoms with Gasteiger partial charge in [-0.1, -0.05) is 39.7 Å². The Kier molecular flexibility index (Phi) is 12.5. The number of hydrogen-bond donors (Lipinski definition) is 4. The zero-order valence-electron chi connectivity index (χ0n) is 32.7. The van der Waals surface area contributed by atoms with Gasteiger partial charge in [-0.15, -0.1) is 17.9 Å². The second kappa shape index (κ2) is 17.0. The molecule has 4 N–H and O–H groups in total. The highest BCUT2D eigenvalue weighted by Gasteiger charge is 2.61. The Bertz CT molecular complexity index is 2060. The van der Waals surface area contributed by atoms with Crippen molar-refractivity contribution in [2.24, 2.45) is 17.3 Å². The summed E-state index contributed by atoms with van der Waals surface area (Å²) in [7, 11) is 1.54. The molecule has 5 atom stereocenters. The number of carbonyl (C=O) groups excluding carboxylic acids is 4. The highest BCUT2D eigenvalue weighted by molar-refractivity contribution is 9.10. The number of carboxylic acid groups (broad SMARTS) is 1. The van der Waals surface area contributed by atoms with E-state index >= 15 is 0 Å². The minimum atomic E-state index is -1.54.